The van der Waals surface area contributed by atoms with Crippen molar-refractivity contribution >= 4 is 11.5 Å². The molecule has 1 saturated heterocycles. The number of esters is 1. The molecule has 2 fully saturated rings. The van der Waals surface area contributed by atoms with Gasteiger partial charge in [0.1, 0.15) is 18.8 Å². The second kappa shape index (κ2) is 9.38. The van der Waals surface area contributed by atoms with Crippen molar-refractivity contribution in [2.45, 2.75) is 57.5 Å². The zero-order valence-corrected chi connectivity index (χ0v) is 21.1. The average Bonchev–Trinajstić information content (AvgIpc) is 3.41. The highest BCUT2D eigenvalue weighted by Gasteiger charge is 2.67. The molecule has 4 atom stereocenters. The number of hydrogen-bond donors (Lipinski definition) is 1. The van der Waals surface area contributed by atoms with E-state index in [-0.39, 0.29) is 11.9 Å². The maximum absolute atomic E-state index is 12.6. The van der Waals surface area contributed by atoms with E-state index in [9.17, 15) is 9.90 Å². The summed E-state index contributed by atoms with van der Waals surface area (Å²) in [5.74, 6) is 1.07. The predicted octanol–water partition coefficient (Wildman–Crippen LogP) is 6.09. The van der Waals surface area contributed by atoms with Crippen LogP contribution in [0.1, 0.15) is 49.3 Å². The molecule has 0 aromatic heterocycles. The number of ether oxygens (including phenoxy) is 3. The Hall–Kier alpha value is -3.57. The molecule has 3 aliphatic rings. The molecule has 3 aromatic rings. The highest BCUT2D eigenvalue weighted by atomic mass is 16.6. The van der Waals surface area contributed by atoms with Gasteiger partial charge in [-0.2, -0.15) is 0 Å². The van der Waals surface area contributed by atoms with E-state index in [0.29, 0.717) is 50.4 Å². The Morgan fingerprint density at radius 3 is 2.24 bits per heavy atom. The molecule has 37 heavy (non-hydrogen) atoms. The minimum absolute atomic E-state index is 0.0889. The van der Waals surface area contributed by atoms with Crippen molar-refractivity contribution in [3.05, 3.63) is 102 Å². The van der Waals surface area contributed by atoms with E-state index in [1.54, 1.807) is 0 Å². The van der Waals surface area contributed by atoms with Gasteiger partial charge >= 0.3 is 5.97 Å². The van der Waals surface area contributed by atoms with Crippen LogP contribution in [0.3, 0.4) is 0 Å². The summed E-state index contributed by atoms with van der Waals surface area (Å²) in [5, 5.41) is 10.8. The Labute approximate surface area is 217 Å². The summed E-state index contributed by atoms with van der Waals surface area (Å²) in [6.07, 6.45) is 4.06. The summed E-state index contributed by atoms with van der Waals surface area (Å²) >= 11 is 0. The quantitative estimate of drug-likeness (QED) is 0.401. The maximum Gasteiger partial charge on any atom is 0.307 e. The number of hydrogen-bond acceptors (Lipinski definition) is 5. The SMILES string of the molecule is C[C@]12CC=C(c3ccc(OCc4ccccc4)c(OCc4ccccc4)c3)[C@H]3CC(=O)O[C@@]31CC[C@H]2O. The predicted molar refractivity (Wildman–Crippen MR) is 141 cm³/mol. The van der Waals surface area contributed by atoms with Gasteiger partial charge in [-0.15, -0.1) is 0 Å². The average molecular weight is 497 g/mol. The van der Waals surface area contributed by atoms with Gasteiger partial charge in [0.25, 0.3) is 0 Å². The smallest absolute Gasteiger partial charge is 0.307 e. The molecule has 3 aromatic carbocycles. The van der Waals surface area contributed by atoms with Crippen molar-refractivity contribution < 1.29 is 24.1 Å². The van der Waals surface area contributed by atoms with Gasteiger partial charge in [0.05, 0.1) is 12.5 Å². The Kier molecular flexibility index (Phi) is 6.04. The minimum Gasteiger partial charge on any atom is -0.485 e. The van der Waals surface area contributed by atoms with Crippen LogP contribution in [-0.2, 0) is 22.7 Å². The molecule has 1 heterocycles. The summed E-state index contributed by atoms with van der Waals surface area (Å²) < 4.78 is 18.6. The summed E-state index contributed by atoms with van der Waals surface area (Å²) in [5.41, 5.74) is 3.14. The molecule has 1 saturated carbocycles. The lowest BCUT2D eigenvalue weighted by Gasteiger charge is -2.48. The fraction of sp³-hybridized carbons (Fsp3) is 0.344. The van der Waals surface area contributed by atoms with E-state index in [4.69, 9.17) is 14.2 Å². The fourth-order valence-electron chi connectivity index (χ4n) is 6.47. The summed E-state index contributed by atoms with van der Waals surface area (Å²) in [7, 11) is 0. The Morgan fingerprint density at radius 2 is 1.57 bits per heavy atom. The topological polar surface area (TPSA) is 65.0 Å². The molecule has 1 spiro atoms. The van der Waals surface area contributed by atoms with Gasteiger partial charge in [0.15, 0.2) is 11.5 Å². The van der Waals surface area contributed by atoms with E-state index < -0.39 is 17.1 Å². The van der Waals surface area contributed by atoms with Crippen molar-refractivity contribution in [3.63, 3.8) is 0 Å². The molecule has 1 aliphatic heterocycles. The summed E-state index contributed by atoms with van der Waals surface area (Å²) in [4.78, 5) is 12.6. The zero-order chi connectivity index (χ0) is 25.5. The number of rotatable bonds is 7. The number of carbonyl (C=O) groups excluding carboxylic acids is 1. The molecular formula is C32H32O5. The number of allylic oxidation sites excluding steroid dienone is 1. The van der Waals surface area contributed by atoms with Crippen molar-refractivity contribution in [2.75, 3.05) is 0 Å². The van der Waals surface area contributed by atoms with Crippen LogP contribution in [0.15, 0.2) is 84.9 Å². The third-order valence-corrected chi connectivity index (χ3v) is 8.59. The van der Waals surface area contributed by atoms with E-state index in [1.807, 2.05) is 78.9 Å². The minimum atomic E-state index is -0.652. The van der Waals surface area contributed by atoms with Crippen molar-refractivity contribution in [1.29, 1.82) is 0 Å². The molecule has 0 radical (unpaired) electrons. The van der Waals surface area contributed by atoms with Gasteiger partial charge in [-0.3, -0.25) is 4.79 Å². The van der Waals surface area contributed by atoms with Gasteiger partial charge in [0, 0.05) is 11.3 Å². The molecule has 6 rings (SSSR count). The monoisotopic (exact) mass is 496 g/mol. The van der Waals surface area contributed by atoms with Crippen LogP contribution in [-0.4, -0.2) is 22.8 Å². The van der Waals surface area contributed by atoms with Gasteiger partial charge < -0.3 is 19.3 Å². The van der Waals surface area contributed by atoms with Crippen LogP contribution >= 0.6 is 0 Å². The summed E-state index contributed by atoms with van der Waals surface area (Å²) in [6.45, 7) is 2.93. The maximum atomic E-state index is 12.6. The molecule has 190 valence electrons. The first-order valence-corrected chi connectivity index (χ1v) is 13.1. The Bertz CT molecular complexity index is 1320. The van der Waals surface area contributed by atoms with Gasteiger partial charge in [-0.25, -0.2) is 0 Å². The highest BCUT2D eigenvalue weighted by Crippen LogP contribution is 2.63. The van der Waals surface area contributed by atoms with Crippen LogP contribution in [0.25, 0.3) is 5.57 Å². The first kappa shape index (κ1) is 23.8. The zero-order valence-electron chi connectivity index (χ0n) is 21.1. The molecule has 0 bridgehead atoms. The number of aliphatic hydroxyl groups excluding tert-OH is 1. The first-order valence-electron chi connectivity index (χ1n) is 13.1. The van der Waals surface area contributed by atoms with Gasteiger partial charge in [-0.1, -0.05) is 79.7 Å². The molecule has 5 nitrogen and oxygen atoms in total. The second-order valence-electron chi connectivity index (χ2n) is 10.7. The molecule has 5 heteroatoms. The molecule has 2 aliphatic carbocycles. The van der Waals surface area contributed by atoms with Crippen LogP contribution in [0.5, 0.6) is 11.5 Å². The standard InChI is InChI=1S/C32H32O5/c1-31-16-14-25(26-19-30(34)37-32(26,31)17-15-29(31)33)24-12-13-27(35-20-22-8-4-2-5-9-22)28(18-24)36-21-23-10-6-3-7-11-23/h2-14,18,26,29,33H,15-17,19-21H2,1H3/t26-,29-,31-,32+/m1/s1. The lowest BCUT2D eigenvalue weighted by atomic mass is 9.60. The van der Waals surface area contributed by atoms with E-state index >= 15 is 0 Å². The van der Waals surface area contributed by atoms with Crippen LogP contribution in [0, 0.1) is 11.3 Å². The lowest BCUT2D eigenvalue weighted by molar-refractivity contribution is -0.164. The van der Waals surface area contributed by atoms with E-state index in [1.165, 1.54) is 0 Å². The first-order chi connectivity index (χ1) is 18.0. The largest absolute Gasteiger partial charge is 0.485 e. The molecule has 0 unspecified atom stereocenters. The van der Waals surface area contributed by atoms with Crippen LogP contribution in [0.2, 0.25) is 0 Å². The van der Waals surface area contributed by atoms with Crippen molar-refractivity contribution in [1.82, 2.24) is 0 Å². The fourth-order valence-corrected chi connectivity index (χ4v) is 6.47. The Balaban J connectivity index is 1.33. The Morgan fingerprint density at radius 1 is 0.919 bits per heavy atom. The molecule has 0 amide bonds. The van der Waals surface area contributed by atoms with Gasteiger partial charge in [0.2, 0.25) is 0 Å². The van der Waals surface area contributed by atoms with Crippen LogP contribution in [0.4, 0.5) is 0 Å². The number of carbonyl (C=O) groups is 1. The normalized spacial score (nSPS) is 28.2. The third-order valence-electron chi connectivity index (χ3n) is 8.59. The second-order valence-corrected chi connectivity index (χ2v) is 10.7. The van der Waals surface area contributed by atoms with E-state index in [0.717, 1.165) is 22.3 Å². The van der Waals surface area contributed by atoms with Crippen molar-refractivity contribution in [2.24, 2.45) is 11.3 Å². The highest BCUT2D eigenvalue weighted by molar-refractivity contribution is 5.82. The number of aliphatic hydroxyl groups is 1. The number of benzene rings is 3. The van der Waals surface area contributed by atoms with Gasteiger partial charge in [-0.05, 0) is 53.7 Å². The third kappa shape index (κ3) is 4.11. The lowest BCUT2D eigenvalue weighted by Crippen LogP contribution is -2.52. The summed E-state index contributed by atoms with van der Waals surface area (Å²) in [6, 6.07) is 26.2. The van der Waals surface area contributed by atoms with Crippen molar-refractivity contribution in [3.8, 4) is 11.5 Å². The molecule has 1 N–H and O–H groups in total. The van der Waals surface area contributed by atoms with E-state index in [2.05, 4.69) is 13.0 Å². The molecular weight excluding hydrogens is 464 g/mol. The van der Waals surface area contributed by atoms with Crippen LogP contribution < -0.4 is 9.47 Å².